The van der Waals surface area contributed by atoms with E-state index in [0.29, 0.717) is 24.5 Å². The molecule has 0 bridgehead atoms. The summed E-state index contributed by atoms with van der Waals surface area (Å²) < 4.78 is 24.9. The van der Waals surface area contributed by atoms with Gasteiger partial charge in [0.1, 0.15) is 28.6 Å². The van der Waals surface area contributed by atoms with Crippen LogP contribution in [0.5, 0.6) is 5.75 Å². The Morgan fingerprint density at radius 3 is 2.70 bits per heavy atom. The molecule has 0 aliphatic carbocycles. The van der Waals surface area contributed by atoms with Crippen LogP contribution in [-0.4, -0.2) is 34.6 Å². The van der Waals surface area contributed by atoms with Crippen LogP contribution in [0.3, 0.4) is 0 Å². The summed E-state index contributed by atoms with van der Waals surface area (Å²) in [6, 6.07) is 5.73. The van der Waals surface area contributed by atoms with Gasteiger partial charge in [-0.2, -0.15) is 0 Å². The molecule has 0 spiro atoms. The fraction of sp³-hybridized carbons (Fsp3) is 0.368. The summed E-state index contributed by atoms with van der Waals surface area (Å²) >= 11 is 5.92. The second-order valence-electron chi connectivity index (χ2n) is 6.94. The molecule has 27 heavy (non-hydrogen) atoms. The number of nitrogens with zero attached hydrogens (tertiary/aromatic N) is 2. The number of ether oxygens (including phenoxy) is 2. The summed E-state index contributed by atoms with van der Waals surface area (Å²) in [5.41, 5.74) is 0.778. The highest BCUT2D eigenvalue weighted by molar-refractivity contribution is 6.31. The van der Waals surface area contributed by atoms with E-state index in [1.54, 1.807) is 18.3 Å². The SMILES string of the molecule is CC(C)(C)O/N=C(/c1cc(Cl)c(F)cc1O)c1ncccc1C1OCCO1. The van der Waals surface area contributed by atoms with Crippen molar-refractivity contribution in [3.63, 3.8) is 0 Å². The van der Waals surface area contributed by atoms with Crippen molar-refractivity contribution in [1.82, 2.24) is 4.98 Å². The lowest BCUT2D eigenvalue weighted by atomic mass is 10.0. The van der Waals surface area contributed by atoms with Crippen LogP contribution in [0.15, 0.2) is 35.6 Å². The second kappa shape index (κ2) is 7.80. The maximum atomic E-state index is 13.7. The standard InChI is InChI=1S/C19H20ClFN2O4/c1-19(2,3)27-23-17(12-9-13(20)14(21)10-15(12)24)16-11(5-4-6-22-16)18-25-7-8-26-18/h4-6,9-10,18,24H,7-8H2,1-3H3/b23-17-. The minimum Gasteiger partial charge on any atom is -0.507 e. The minimum absolute atomic E-state index is 0.155. The molecular formula is C19H20ClFN2O4. The van der Waals surface area contributed by atoms with E-state index in [9.17, 15) is 9.50 Å². The van der Waals surface area contributed by atoms with Crippen LogP contribution >= 0.6 is 11.6 Å². The van der Waals surface area contributed by atoms with Crippen LogP contribution in [0.25, 0.3) is 0 Å². The molecule has 1 aromatic carbocycles. The Labute approximate surface area is 161 Å². The Morgan fingerprint density at radius 1 is 1.33 bits per heavy atom. The minimum atomic E-state index is -0.738. The average molecular weight is 395 g/mol. The summed E-state index contributed by atoms with van der Waals surface area (Å²) in [5.74, 6) is -1.07. The second-order valence-corrected chi connectivity index (χ2v) is 7.35. The largest absolute Gasteiger partial charge is 0.507 e. The highest BCUT2D eigenvalue weighted by atomic mass is 35.5. The third kappa shape index (κ3) is 4.55. The van der Waals surface area contributed by atoms with Gasteiger partial charge in [0.05, 0.1) is 18.2 Å². The number of oxime groups is 1. The quantitative estimate of drug-likeness (QED) is 0.621. The highest BCUT2D eigenvalue weighted by Crippen LogP contribution is 2.31. The normalized spacial score (nSPS) is 16.0. The van der Waals surface area contributed by atoms with E-state index in [0.717, 1.165) is 6.07 Å². The number of phenolic OH excluding ortho intramolecular Hbond substituents is 1. The third-order valence-electron chi connectivity index (χ3n) is 3.64. The molecule has 0 unspecified atom stereocenters. The zero-order chi connectivity index (χ0) is 19.6. The van der Waals surface area contributed by atoms with Gasteiger partial charge in [-0.05, 0) is 32.9 Å². The van der Waals surface area contributed by atoms with E-state index in [1.165, 1.54) is 6.07 Å². The van der Waals surface area contributed by atoms with Crippen molar-refractivity contribution < 1.29 is 23.8 Å². The van der Waals surface area contributed by atoms with Crippen molar-refractivity contribution in [2.24, 2.45) is 5.16 Å². The van der Waals surface area contributed by atoms with Crippen molar-refractivity contribution >= 4 is 17.3 Å². The van der Waals surface area contributed by atoms with Crippen molar-refractivity contribution in [1.29, 1.82) is 0 Å². The lowest BCUT2D eigenvalue weighted by Gasteiger charge is -2.19. The summed E-state index contributed by atoms with van der Waals surface area (Å²) in [6.45, 7) is 6.39. The fourth-order valence-electron chi connectivity index (χ4n) is 2.47. The molecule has 6 nitrogen and oxygen atoms in total. The number of pyridine rings is 1. The topological polar surface area (TPSA) is 73.2 Å². The maximum absolute atomic E-state index is 13.7. The van der Waals surface area contributed by atoms with Gasteiger partial charge in [-0.15, -0.1) is 0 Å². The molecule has 144 valence electrons. The molecule has 2 heterocycles. The predicted molar refractivity (Wildman–Crippen MR) is 98.4 cm³/mol. The lowest BCUT2D eigenvalue weighted by Crippen LogP contribution is -2.19. The van der Waals surface area contributed by atoms with Crippen LogP contribution in [0.2, 0.25) is 5.02 Å². The number of benzene rings is 1. The van der Waals surface area contributed by atoms with Gasteiger partial charge >= 0.3 is 0 Å². The zero-order valence-electron chi connectivity index (χ0n) is 15.2. The fourth-order valence-corrected chi connectivity index (χ4v) is 2.64. The first-order valence-corrected chi connectivity index (χ1v) is 8.77. The predicted octanol–water partition coefficient (Wildman–Crippen LogP) is 4.19. The Kier molecular flexibility index (Phi) is 5.64. The van der Waals surface area contributed by atoms with Gasteiger partial charge in [0.15, 0.2) is 6.29 Å². The number of aromatic nitrogens is 1. The Bertz CT molecular complexity index is 861. The molecule has 8 heteroatoms. The monoisotopic (exact) mass is 394 g/mol. The number of hydrogen-bond acceptors (Lipinski definition) is 6. The summed E-state index contributed by atoms with van der Waals surface area (Å²) in [6.07, 6.45) is 0.953. The number of halogens is 2. The van der Waals surface area contributed by atoms with Crippen LogP contribution in [-0.2, 0) is 14.3 Å². The van der Waals surface area contributed by atoms with E-state index >= 15 is 0 Å². The van der Waals surface area contributed by atoms with E-state index in [2.05, 4.69) is 10.1 Å². The molecule has 0 saturated carbocycles. The Hall–Kier alpha value is -2.22. The molecule has 1 aliphatic heterocycles. The van der Waals surface area contributed by atoms with Gasteiger partial charge in [-0.25, -0.2) is 4.39 Å². The third-order valence-corrected chi connectivity index (χ3v) is 3.93. The van der Waals surface area contributed by atoms with Gasteiger partial charge in [-0.3, -0.25) is 4.98 Å². The molecule has 2 aromatic rings. The summed E-state index contributed by atoms with van der Waals surface area (Å²) in [4.78, 5) is 9.94. The molecule has 1 N–H and O–H groups in total. The van der Waals surface area contributed by atoms with Gasteiger partial charge in [-0.1, -0.05) is 22.8 Å². The average Bonchev–Trinajstić information content (AvgIpc) is 3.13. The van der Waals surface area contributed by atoms with Crippen molar-refractivity contribution in [2.75, 3.05) is 13.2 Å². The van der Waals surface area contributed by atoms with E-state index in [1.807, 2.05) is 20.8 Å². The molecule has 0 amide bonds. The Morgan fingerprint density at radius 2 is 2.04 bits per heavy atom. The molecular weight excluding hydrogens is 375 g/mol. The van der Waals surface area contributed by atoms with Crippen LogP contribution in [0.4, 0.5) is 4.39 Å². The molecule has 1 saturated heterocycles. The Balaban J connectivity index is 2.16. The van der Waals surface area contributed by atoms with Gasteiger partial charge in [0.2, 0.25) is 0 Å². The van der Waals surface area contributed by atoms with Crippen molar-refractivity contribution in [3.05, 3.63) is 58.1 Å². The summed E-state index contributed by atoms with van der Waals surface area (Å²) in [7, 11) is 0. The van der Waals surface area contributed by atoms with Crippen LogP contribution < -0.4 is 0 Å². The van der Waals surface area contributed by atoms with Gasteiger partial charge in [0, 0.05) is 23.4 Å². The van der Waals surface area contributed by atoms with Gasteiger partial charge < -0.3 is 19.4 Å². The first kappa shape index (κ1) is 19.5. The van der Waals surface area contributed by atoms with E-state index < -0.39 is 17.7 Å². The van der Waals surface area contributed by atoms with E-state index in [-0.39, 0.29) is 22.0 Å². The van der Waals surface area contributed by atoms with Crippen molar-refractivity contribution in [3.8, 4) is 5.75 Å². The molecule has 0 radical (unpaired) electrons. The van der Waals surface area contributed by atoms with Crippen LogP contribution in [0.1, 0.15) is 43.9 Å². The molecule has 1 fully saturated rings. The van der Waals surface area contributed by atoms with E-state index in [4.69, 9.17) is 25.9 Å². The lowest BCUT2D eigenvalue weighted by molar-refractivity contribution is -0.0445. The summed E-state index contributed by atoms with van der Waals surface area (Å²) in [5, 5.41) is 14.4. The molecule has 3 rings (SSSR count). The van der Waals surface area contributed by atoms with Gasteiger partial charge in [0.25, 0.3) is 0 Å². The number of aromatic hydroxyl groups is 1. The molecule has 1 aliphatic rings. The highest BCUT2D eigenvalue weighted by Gasteiger charge is 2.27. The zero-order valence-corrected chi connectivity index (χ0v) is 16.0. The van der Waals surface area contributed by atoms with Crippen molar-refractivity contribution in [2.45, 2.75) is 32.7 Å². The maximum Gasteiger partial charge on any atom is 0.186 e. The number of phenols is 1. The molecule has 0 atom stereocenters. The number of hydrogen-bond donors (Lipinski definition) is 1. The smallest absolute Gasteiger partial charge is 0.186 e. The van der Waals surface area contributed by atoms with Crippen LogP contribution in [0, 0.1) is 5.82 Å². The molecule has 1 aromatic heterocycles. The first-order valence-electron chi connectivity index (χ1n) is 8.39. The first-order chi connectivity index (χ1) is 12.8. The number of rotatable bonds is 4.